The Balaban J connectivity index is 1.20. The maximum atomic E-state index is 6.43. The molecule has 56 heavy (non-hydrogen) atoms. The van der Waals surface area contributed by atoms with Crippen molar-refractivity contribution in [1.82, 2.24) is 14.5 Å². The van der Waals surface area contributed by atoms with Crippen molar-refractivity contribution in [1.29, 1.82) is 0 Å². The second kappa shape index (κ2) is 11.0. The zero-order chi connectivity index (χ0) is 36.5. The smallest absolute Gasteiger partial charge is 0.235 e. The molecular formula is C52H29N3O. The predicted octanol–water partition coefficient (Wildman–Crippen LogP) is 14.1. The van der Waals surface area contributed by atoms with Crippen molar-refractivity contribution in [3.05, 3.63) is 176 Å². The molecule has 4 heteroatoms. The normalized spacial score (nSPS) is 12.3. The van der Waals surface area contributed by atoms with E-state index in [9.17, 15) is 0 Å². The fraction of sp³-hybridized carbons (Fsp3) is 0. The van der Waals surface area contributed by atoms with Crippen LogP contribution >= 0.6 is 0 Å². The molecule has 0 unspecified atom stereocenters. The van der Waals surface area contributed by atoms with Gasteiger partial charge in [0.2, 0.25) is 5.95 Å². The van der Waals surface area contributed by atoms with Gasteiger partial charge >= 0.3 is 0 Å². The third-order valence-electron chi connectivity index (χ3n) is 11.9. The quantitative estimate of drug-likeness (QED) is 0.168. The molecule has 10 aromatic carbocycles. The maximum absolute atomic E-state index is 6.43. The summed E-state index contributed by atoms with van der Waals surface area (Å²) < 4.78 is 8.72. The highest BCUT2D eigenvalue weighted by molar-refractivity contribution is 6.35. The van der Waals surface area contributed by atoms with Crippen LogP contribution in [-0.4, -0.2) is 14.5 Å². The van der Waals surface area contributed by atoms with Crippen LogP contribution in [0.15, 0.2) is 180 Å². The lowest BCUT2D eigenvalue weighted by Gasteiger charge is -2.14. The molecule has 3 heterocycles. The van der Waals surface area contributed by atoms with E-state index >= 15 is 0 Å². The number of aromatic nitrogens is 3. The molecule has 0 amide bonds. The number of hydrogen-bond acceptors (Lipinski definition) is 3. The monoisotopic (exact) mass is 711 g/mol. The summed E-state index contributed by atoms with van der Waals surface area (Å²) >= 11 is 0. The second-order valence-corrected chi connectivity index (χ2v) is 14.9. The molecule has 0 N–H and O–H groups in total. The Labute approximate surface area is 319 Å². The van der Waals surface area contributed by atoms with Crippen LogP contribution in [0.3, 0.4) is 0 Å². The summed E-state index contributed by atoms with van der Waals surface area (Å²) in [6.45, 7) is 0. The van der Waals surface area contributed by atoms with Crippen LogP contribution in [0.1, 0.15) is 0 Å². The fourth-order valence-corrected chi connectivity index (χ4v) is 9.48. The van der Waals surface area contributed by atoms with Crippen LogP contribution in [0.5, 0.6) is 0 Å². The van der Waals surface area contributed by atoms with Crippen molar-refractivity contribution in [3.8, 4) is 17.2 Å². The Morgan fingerprint density at radius 2 is 0.964 bits per heavy atom. The van der Waals surface area contributed by atoms with Crippen molar-refractivity contribution in [3.63, 3.8) is 0 Å². The van der Waals surface area contributed by atoms with E-state index in [-0.39, 0.29) is 0 Å². The largest absolute Gasteiger partial charge is 0.456 e. The van der Waals surface area contributed by atoms with E-state index in [4.69, 9.17) is 14.4 Å². The minimum absolute atomic E-state index is 0.632. The lowest BCUT2D eigenvalue weighted by Crippen LogP contribution is -2.04. The summed E-state index contributed by atoms with van der Waals surface area (Å²) in [5, 5.41) is 17.7. The third-order valence-corrected chi connectivity index (χ3v) is 11.9. The number of para-hydroxylation sites is 1. The van der Waals surface area contributed by atoms with Gasteiger partial charge in [0, 0.05) is 37.9 Å². The fourth-order valence-electron chi connectivity index (χ4n) is 9.48. The summed E-state index contributed by atoms with van der Waals surface area (Å²) in [5.74, 6) is 0.632. The van der Waals surface area contributed by atoms with Crippen LogP contribution in [0.25, 0.3) is 126 Å². The molecule has 258 valence electrons. The van der Waals surface area contributed by atoms with Crippen LogP contribution in [0.4, 0.5) is 0 Å². The molecule has 13 rings (SSSR count). The molecule has 0 bridgehead atoms. The SMILES string of the molecule is c1ccc2cc3c(cc2c1)c1c2c4ccccc4c4ccccc4c2ccc1n3-c1nc(-c2ccc3c(c2)oc2ccccc23)c2c(ccc3ccccc32)n1. The highest BCUT2D eigenvalue weighted by Gasteiger charge is 2.23. The van der Waals surface area contributed by atoms with E-state index < -0.39 is 0 Å². The molecule has 0 saturated heterocycles. The first-order valence-electron chi connectivity index (χ1n) is 19.1. The first-order valence-corrected chi connectivity index (χ1v) is 19.1. The van der Waals surface area contributed by atoms with Crippen LogP contribution in [-0.2, 0) is 0 Å². The molecule has 13 aromatic rings. The zero-order valence-electron chi connectivity index (χ0n) is 30.0. The molecule has 0 spiro atoms. The molecule has 0 aliphatic heterocycles. The van der Waals surface area contributed by atoms with Gasteiger partial charge in [0.15, 0.2) is 0 Å². The van der Waals surface area contributed by atoms with Gasteiger partial charge in [-0.05, 0) is 90.9 Å². The standard InChI is InChI=1S/C52H29N3O/c1-2-13-32-28-45-42(27-31(32)12-1)50-44(26-24-41-37-17-6-5-15-35(37)36-16-7-8-19-40(36)48(41)50)55(45)52-53-43-25-22-30-11-3-4-14-34(30)49(43)51(54-52)33-21-23-39-38-18-9-10-20-46(38)56-47(39)29-33/h1-29H. The average Bonchev–Trinajstić information content (AvgIpc) is 3.80. The van der Waals surface area contributed by atoms with Crippen LogP contribution < -0.4 is 0 Å². The minimum Gasteiger partial charge on any atom is -0.456 e. The van der Waals surface area contributed by atoms with Gasteiger partial charge in [0.1, 0.15) is 11.2 Å². The number of furan rings is 1. The topological polar surface area (TPSA) is 43.9 Å². The van der Waals surface area contributed by atoms with Crippen molar-refractivity contribution in [2.45, 2.75) is 0 Å². The summed E-state index contributed by atoms with van der Waals surface area (Å²) in [6.07, 6.45) is 0. The average molecular weight is 712 g/mol. The Morgan fingerprint density at radius 1 is 0.357 bits per heavy atom. The Bertz CT molecular complexity index is 3800. The van der Waals surface area contributed by atoms with Crippen molar-refractivity contribution < 1.29 is 4.42 Å². The molecule has 0 atom stereocenters. The van der Waals surface area contributed by atoms with E-state index in [0.717, 1.165) is 65.9 Å². The maximum Gasteiger partial charge on any atom is 0.235 e. The van der Waals surface area contributed by atoms with Gasteiger partial charge in [-0.1, -0.05) is 133 Å². The summed E-state index contributed by atoms with van der Waals surface area (Å²) in [7, 11) is 0. The van der Waals surface area contributed by atoms with Crippen LogP contribution in [0.2, 0.25) is 0 Å². The van der Waals surface area contributed by atoms with Gasteiger partial charge in [-0.3, -0.25) is 4.57 Å². The van der Waals surface area contributed by atoms with Gasteiger partial charge in [-0.25, -0.2) is 9.97 Å². The number of hydrogen-bond donors (Lipinski definition) is 0. The van der Waals surface area contributed by atoms with Gasteiger partial charge in [-0.15, -0.1) is 0 Å². The Morgan fingerprint density at radius 3 is 1.77 bits per heavy atom. The number of nitrogens with zero attached hydrogens (tertiary/aromatic N) is 3. The first kappa shape index (κ1) is 29.8. The lowest BCUT2D eigenvalue weighted by atomic mass is 9.91. The van der Waals surface area contributed by atoms with Crippen molar-refractivity contribution in [2.24, 2.45) is 0 Å². The Hall–Kier alpha value is -7.56. The molecule has 3 aromatic heterocycles. The predicted molar refractivity (Wildman–Crippen MR) is 234 cm³/mol. The number of fused-ring (bicyclic) bond motifs is 17. The highest BCUT2D eigenvalue weighted by atomic mass is 16.3. The summed E-state index contributed by atoms with van der Waals surface area (Å²) in [6, 6.07) is 63.1. The van der Waals surface area contributed by atoms with E-state index in [2.05, 4.69) is 168 Å². The van der Waals surface area contributed by atoms with E-state index in [0.29, 0.717) is 5.95 Å². The molecule has 0 aliphatic rings. The lowest BCUT2D eigenvalue weighted by molar-refractivity contribution is 0.669. The van der Waals surface area contributed by atoms with E-state index in [1.165, 1.54) is 53.9 Å². The highest BCUT2D eigenvalue weighted by Crippen LogP contribution is 2.45. The summed E-state index contributed by atoms with van der Waals surface area (Å²) in [4.78, 5) is 11.1. The minimum atomic E-state index is 0.632. The molecule has 0 fully saturated rings. The first-order chi connectivity index (χ1) is 27.8. The molecule has 0 aliphatic carbocycles. The van der Waals surface area contributed by atoms with Gasteiger partial charge < -0.3 is 4.42 Å². The van der Waals surface area contributed by atoms with E-state index in [1.807, 2.05) is 12.1 Å². The van der Waals surface area contributed by atoms with Crippen molar-refractivity contribution >= 4 is 109 Å². The van der Waals surface area contributed by atoms with E-state index in [1.54, 1.807) is 0 Å². The molecular weight excluding hydrogens is 683 g/mol. The van der Waals surface area contributed by atoms with Crippen molar-refractivity contribution in [2.75, 3.05) is 0 Å². The van der Waals surface area contributed by atoms with Gasteiger partial charge in [0.05, 0.1) is 22.2 Å². The third kappa shape index (κ3) is 4.02. The summed E-state index contributed by atoms with van der Waals surface area (Å²) in [5.41, 5.74) is 6.60. The molecule has 0 saturated carbocycles. The second-order valence-electron chi connectivity index (χ2n) is 14.9. The number of benzene rings is 10. The van der Waals surface area contributed by atoms with Crippen LogP contribution in [0, 0.1) is 0 Å². The molecule has 0 radical (unpaired) electrons. The molecule has 4 nitrogen and oxygen atoms in total. The van der Waals surface area contributed by atoms with Gasteiger partial charge in [0.25, 0.3) is 0 Å². The van der Waals surface area contributed by atoms with Gasteiger partial charge in [-0.2, -0.15) is 0 Å². The number of rotatable bonds is 2. The zero-order valence-corrected chi connectivity index (χ0v) is 30.0. The Kier molecular flexibility index (Phi) is 5.86.